The SMILES string of the molecule is COC(=O)C(CCCCN1C(=O)CSC1c1ccccc1Cl)NC(C)=O. The van der Waals surface area contributed by atoms with Crippen LogP contribution in [-0.4, -0.2) is 48.1 Å². The van der Waals surface area contributed by atoms with Crippen LogP contribution in [-0.2, 0) is 19.1 Å². The van der Waals surface area contributed by atoms with E-state index in [1.165, 1.54) is 14.0 Å². The zero-order chi connectivity index (χ0) is 19.1. The van der Waals surface area contributed by atoms with Crippen molar-refractivity contribution < 1.29 is 19.1 Å². The monoisotopic (exact) mass is 398 g/mol. The molecular formula is C18H23ClN2O4S. The summed E-state index contributed by atoms with van der Waals surface area (Å²) in [6.07, 6.45) is 1.88. The Kier molecular flexibility index (Phi) is 7.78. The normalized spacial score (nSPS) is 17.9. The highest BCUT2D eigenvalue weighted by Gasteiger charge is 2.33. The molecule has 142 valence electrons. The minimum Gasteiger partial charge on any atom is -0.467 e. The summed E-state index contributed by atoms with van der Waals surface area (Å²) >= 11 is 7.84. The van der Waals surface area contributed by atoms with Crippen molar-refractivity contribution in [2.45, 2.75) is 37.6 Å². The molecule has 0 bridgehead atoms. The number of methoxy groups -OCH3 is 1. The fourth-order valence-electron chi connectivity index (χ4n) is 2.90. The van der Waals surface area contributed by atoms with Crippen LogP contribution in [0.5, 0.6) is 0 Å². The predicted octanol–water partition coefficient (Wildman–Crippen LogP) is 2.76. The van der Waals surface area contributed by atoms with Gasteiger partial charge < -0.3 is 15.0 Å². The third kappa shape index (κ3) is 5.38. The fourth-order valence-corrected chi connectivity index (χ4v) is 4.45. The van der Waals surface area contributed by atoms with Gasteiger partial charge in [0.15, 0.2) is 0 Å². The minimum absolute atomic E-state index is 0.0806. The number of carbonyl (C=O) groups excluding carboxylic acids is 3. The molecule has 1 heterocycles. The van der Waals surface area contributed by atoms with E-state index in [0.29, 0.717) is 30.2 Å². The second kappa shape index (κ2) is 9.83. The zero-order valence-electron chi connectivity index (χ0n) is 14.9. The first-order valence-corrected chi connectivity index (χ1v) is 9.87. The highest BCUT2D eigenvalue weighted by atomic mass is 35.5. The Morgan fingerprint density at radius 3 is 2.77 bits per heavy atom. The van der Waals surface area contributed by atoms with Crippen LogP contribution in [0, 0.1) is 0 Å². The Morgan fingerprint density at radius 1 is 1.38 bits per heavy atom. The Hall–Kier alpha value is -1.73. The van der Waals surface area contributed by atoms with Crippen LogP contribution in [0.15, 0.2) is 24.3 Å². The molecule has 2 unspecified atom stereocenters. The number of nitrogens with one attached hydrogen (secondary N) is 1. The van der Waals surface area contributed by atoms with Crippen LogP contribution >= 0.6 is 23.4 Å². The molecule has 1 saturated heterocycles. The summed E-state index contributed by atoms with van der Waals surface area (Å²) in [5, 5.41) is 3.17. The highest BCUT2D eigenvalue weighted by Crippen LogP contribution is 2.41. The molecule has 2 atom stereocenters. The molecule has 0 aliphatic carbocycles. The highest BCUT2D eigenvalue weighted by molar-refractivity contribution is 8.00. The molecule has 6 nitrogen and oxygen atoms in total. The lowest BCUT2D eigenvalue weighted by molar-refractivity contribution is -0.145. The number of esters is 1. The number of thioether (sulfide) groups is 1. The summed E-state index contributed by atoms with van der Waals surface area (Å²) in [7, 11) is 1.30. The maximum absolute atomic E-state index is 12.2. The lowest BCUT2D eigenvalue weighted by atomic mass is 10.1. The van der Waals surface area contributed by atoms with Gasteiger partial charge in [0.25, 0.3) is 0 Å². The van der Waals surface area contributed by atoms with Gasteiger partial charge in [0.05, 0.1) is 12.9 Å². The van der Waals surface area contributed by atoms with Gasteiger partial charge in [-0.1, -0.05) is 29.8 Å². The summed E-state index contributed by atoms with van der Waals surface area (Å²) in [6, 6.07) is 6.90. The molecule has 1 aromatic carbocycles. The van der Waals surface area contributed by atoms with Crippen molar-refractivity contribution >= 4 is 41.1 Å². The number of rotatable bonds is 8. The Balaban J connectivity index is 1.90. The Bertz CT molecular complexity index is 670. The largest absolute Gasteiger partial charge is 0.467 e. The van der Waals surface area contributed by atoms with Crippen molar-refractivity contribution in [3.8, 4) is 0 Å². The number of hydrogen-bond donors (Lipinski definition) is 1. The number of benzene rings is 1. The van der Waals surface area contributed by atoms with Gasteiger partial charge in [-0.2, -0.15) is 0 Å². The first kappa shape index (κ1) is 20.6. The van der Waals surface area contributed by atoms with E-state index in [1.807, 2.05) is 29.2 Å². The van der Waals surface area contributed by atoms with E-state index in [9.17, 15) is 14.4 Å². The molecular weight excluding hydrogens is 376 g/mol. The molecule has 1 aromatic rings. The van der Waals surface area contributed by atoms with Crippen molar-refractivity contribution in [2.75, 3.05) is 19.4 Å². The molecule has 2 rings (SSSR count). The van der Waals surface area contributed by atoms with Crippen LogP contribution in [0.1, 0.15) is 37.1 Å². The Labute approximate surface area is 162 Å². The molecule has 1 N–H and O–H groups in total. The molecule has 8 heteroatoms. The lowest BCUT2D eigenvalue weighted by Crippen LogP contribution is -2.40. The van der Waals surface area contributed by atoms with Gasteiger partial charge in [0, 0.05) is 24.1 Å². The first-order chi connectivity index (χ1) is 12.4. The number of amides is 2. The van der Waals surface area contributed by atoms with E-state index >= 15 is 0 Å². The zero-order valence-corrected chi connectivity index (χ0v) is 16.4. The topological polar surface area (TPSA) is 75.7 Å². The molecule has 0 radical (unpaired) electrons. The van der Waals surface area contributed by atoms with Crippen LogP contribution in [0.25, 0.3) is 0 Å². The van der Waals surface area contributed by atoms with E-state index in [4.69, 9.17) is 16.3 Å². The molecule has 2 amide bonds. The van der Waals surface area contributed by atoms with Crippen LogP contribution in [0.3, 0.4) is 0 Å². The molecule has 1 fully saturated rings. The summed E-state index contributed by atoms with van der Waals surface area (Å²) in [6.45, 7) is 1.94. The third-order valence-electron chi connectivity index (χ3n) is 4.14. The predicted molar refractivity (Wildman–Crippen MR) is 102 cm³/mol. The summed E-state index contributed by atoms with van der Waals surface area (Å²) < 4.78 is 4.71. The molecule has 1 aliphatic heterocycles. The van der Waals surface area contributed by atoms with Crippen molar-refractivity contribution in [1.82, 2.24) is 10.2 Å². The van der Waals surface area contributed by atoms with Gasteiger partial charge in [-0.25, -0.2) is 4.79 Å². The number of ether oxygens (including phenoxy) is 1. The average Bonchev–Trinajstić information content (AvgIpc) is 2.97. The first-order valence-electron chi connectivity index (χ1n) is 8.44. The molecule has 0 saturated carbocycles. The quantitative estimate of drug-likeness (QED) is 0.538. The number of hydrogen-bond acceptors (Lipinski definition) is 5. The van der Waals surface area contributed by atoms with E-state index in [0.717, 1.165) is 12.0 Å². The second-order valence-electron chi connectivity index (χ2n) is 6.04. The average molecular weight is 399 g/mol. The lowest BCUT2D eigenvalue weighted by Gasteiger charge is -2.25. The third-order valence-corrected chi connectivity index (χ3v) is 5.73. The van der Waals surface area contributed by atoms with Crippen molar-refractivity contribution in [2.24, 2.45) is 0 Å². The van der Waals surface area contributed by atoms with E-state index in [2.05, 4.69) is 5.32 Å². The van der Waals surface area contributed by atoms with Gasteiger partial charge in [0.1, 0.15) is 11.4 Å². The second-order valence-corrected chi connectivity index (χ2v) is 7.52. The van der Waals surface area contributed by atoms with Gasteiger partial charge in [-0.05, 0) is 25.3 Å². The Morgan fingerprint density at radius 2 is 2.12 bits per heavy atom. The van der Waals surface area contributed by atoms with Crippen LogP contribution in [0.2, 0.25) is 5.02 Å². The summed E-state index contributed by atoms with van der Waals surface area (Å²) in [4.78, 5) is 37.0. The summed E-state index contributed by atoms with van der Waals surface area (Å²) in [5.74, 6) is -0.203. The molecule has 0 aromatic heterocycles. The standard InChI is InChI=1S/C18H23ClN2O4S/c1-12(22)20-15(18(24)25-2)9-5-6-10-21-16(23)11-26-17(21)13-7-3-4-8-14(13)19/h3-4,7-8,15,17H,5-6,9-11H2,1-2H3,(H,20,22). The van der Waals surface area contributed by atoms with Crippen molar-refractivity contribution in [1.29, 1.82) is 0 Å². The van der Waals surface area contributed by atoms with Gasteiger partial charge in [-0.3, -0.25) is 9.59 Å². The summed E-state index contributed by atoms with van der Waals surface area (Å²) in [5.41, 5.74) is 0.940. The van der Waals surface area contributed by atoms with Crippen LogP contribution in [0.4, 0.5) is 0 Å². The van der Waals surface area contributed by atoms with Crippen molar-refractivity contribution in [3.63, 3.8) is 0 Å². The maximum Gasteiger partial charge on any atom is 0.328 e. The number of nitrogens with zero attached hydrogens (tertiary/aromatic N) is 1. The fraction of sp³-hybridized carbons (Fsp3) is 0.500. The minimum atomic E-state index is -0.652. The van der Waals surface area contributed by atoms with E-state index in [-0.39, 0.29) is 17.2 Å². The number of carbonyl (C=O) groups is 3. The van der Waals surface area contributed by atoms with Crippen molar-refractivity contribution in [3.05, 3.63) is 34.9 Å². The molecule has 1 aliphatic rings. The van der Waals surface area contributed by atoms with Gasteiger partial charge >= 0.3 is 5.97 Å². The van der Waals surface area contributed by atoms with E-state index < -0.39 is 12.0 Å². The van der Waals surface area contributed by atoms with Crippen LogP contribution < -0.4 is 5.32 Å². The number of halogens is 1. The van der Waals surface area contributed by atoms with Gasteiger partial charge in [-0.15, -0.1) is 11.8 Å². The number of unbranched alkanes of at least 4 members (excludes halogenated alkanes) is 1. The van der Waals surface area contributed by atoms with Gasteiger partial charge in [0.2, 0.25) is 11.8 Å². The molecule has 0 spiro atoms. The molecule has 26 heavy (non-hydrogen) atoms. The van der Waals surface area contributed by atoms with E-state index in [1.54, 1.807) is 11.8 Å². The maximum atomic E-state index is 12.2. The smallest absolute Gasteiger partial charge is 0.328 e.